The fraction of sp³-hybridized carbons (Fsp3) is 0.364. The second-order valence-electron chi connectivity index (χ2n) is 7.49. The van der Waals surface area contributed by atoms with E-state index in [-0.39, 0.29) is 17.3 Å². The number of sulfonamides is 1. The van der Waals surface area contributed by atoms with Gasteiger partial charge in [0, 0.05) is 24.3 Å². The lowest BCUT2D eigenvalue weighted by atomic mass is 10.1. The van der Waals surface area contributed by atoms with Gasteiger partial charge in [0.1, 0.15) is 0 Å². The number of piperidine rings is 1. The summed E-state index contributed by atoms with van der Waals surface area (Å²) in [6.07, 6.45) is 2.77. The van der Waals surface area contributed by atoms with Crippen LogP contribution in [0.15, 0.2) is 47.4 Å². The molecule has 0 radical (unpaired) electrons. The van der Waals surface area contributed by atoms with E-state index in [1.54, 1.807) is 0 Å². The molecule has 1 aliphatic rings. The molecule has 2 N–H and O–H groups in total. The third kappa shape index (κ3) is 5.06. The number of rotatable bonds is 6. The Bertz CT molecular complexity index is 1010. The van der Waals surface area contributed by atoms with Crippen LogP contribution in [0.2, 0.25) is 0 Å². The number of aryl methyl sites for hydroxylation is 2. The third-order valence-electron chi connectivity index (χ3n) is 5.22. The minimum atomic E-state index is -3.54. The number of amides is 2. The second-order valence-corrected chi connectivity index (χ2v) is 9.42. The number of carbonyl (C=O) groups excluding carboxylic acids is 2. The first-order valence-electron chi connectivity index (χ1n) is 10.0. The summed E-state index contributed by atoms with van der Waals surface area (Å²) in [5.41, 5.74) is 2.93. The Labute approximate surface area is 177 Å². The number of para-hydroxylation sites is 1. The first-order chi connectivity index (χ1) is 14.3. The molecule has 30 heavy (non-hydrogen) atoms. The van der Waals surface area contributed by atoms with E-state index in [9.17, 15) is 18.0 Å². The van der Waals surface area contributed by atoms with Crippen molar-refractivity contribution in [1.82, 2.24) is 9.62 Å². The predicted octanol–water partition coefficient (Wildman–Crippen LogP) is 2.85. The third-order valence-corrected chi connectivity index (χ3v) is 7.14. The first-order valence-corrected chi connectivity index (χ1v) is 11.5. The maximum absolute atomic E-state index is 12.7. The molecule has 2 amide bonds. The summed E-state index contributed by atoms with van der Waals surface area (Å²) < 4.78 is 26.9. The number of hydrogen-bond acceptors (Lipinski definition) is 4. The fourth-order valence-electron chi connectivity index (χ4n) is 3.49. The van der Waals surface area contributed by atoms with Crippen molar-refractivity contribution in [3.8, 4) is 0 Å². The molecule has 3 rings (SSSR count). The van der Waals surface area contributed by atoms with E-state index in [0.29, 0.717) is 18.7 Å². The highest BCUT2D eigenvalue weighted by Crippen LogP contribution is 2.21. The van der Waals surface area contributed by atoms with Crippen LogP contribution < -0.4 is 10.6 Å². The summed E-state index contributed by atoms with van der Waals surface area (Å²) in [5, 5.41) is 5.38. The molecule has 0 saturated carbocycles. The predicted molar refractivity (Wildman–Crippen MR) is 116 cm³/mol. The largest absolute Gasteiger partial charge is 0.343 e. The van der Waals surface area contributed by atoms with Crippen LogP contribution in [0.25, 0.3) is 0 Å². The molecule has 160 valence electrons. The van der Waals surface area contributed by atoms with E-state index in [1.807, 2.05) is 32.0 Å². The molecule has 7 nitrogen and oxygen atoms in total. The van der Waals surface area contributed by atoms with Gasteiger partial charge < -0.3 is 10.6 Å². The molecule has 8 heteroatoms. The number of anilines is 1. The molecule has 0 spiro atoms. The molecule has 0 atom stereocenters. The Kier molecular flexibility index (Phi) is 6.89. The average Bonchev–Trinajstić information content (AvgIpc) is 2.75. The maximum Gasteiger partial charge on any atom is 0.251 e. The van der Waals surface area contributed by atoms with Gasteiger partial charge >= 0.3 is 0 Å². The number of benzene rings is 2. The molecule has 2 aromatic carbocycles. The van der Waals surface area contributed by atoms with Gasteiger partial charge in [-0.15, -0.1) is 0 Å². The van der Waals surface area contributed by atoms with Crippen molar-refractivity contribution in [3.63, 3.8) is 0 Å². The van der Waals surface area contributed by atoms with E-state index < -0.39 is 15.9 Å². The van der Waals surface area contributed by atoms with Gasteiger partial charge in [0.25, 0.3) is 5.91 Å². The molecular formula is C22H27N3O4S. The zero-order valence-corrected chi connectivity index (χ0v) is 18.1. The van der Waals surface area contributed by atoms with Crippen molar-refractivity contribution in [2.24, 2.45) is 0 Å². The van der Waals surface area contributed by atoms with Crippen molar-refractivity contribution < 1.29 is 18.0 Å². The van der Waals surface area contributed by atoms with E-state index in [4.69, 9.17) is 0 Å². The van der Waals surface area contributed by atoms with Gasteiger partial charge in [-0.1, -0.05) is 24.6 Å². The van der Waals surface area contributed by atoms with Gasteiger partial charge in [0.05, 0.1) is 11.4 Å². The van der Waals surface area contributed by atoms with Crippen LogP contribution in [0.4, 0.5) is 5.69 Å². The SMILES string of the molecule is Cc1cccc(C)c1NC(=O)CNC(=O)c1ccc(S(=O)(=O)N2CCCCC2)cc1. The van der Waals surface area contributed by atoms with Gasteiger partial charge in [0.2, 0.25) is 15.9 Å². The Morgan fingerprint density at radius 3 is 2.13 bits per heavy atom. The van der Waals surface area contributed by atoms with Crippen LogP contribution in [0.1, 0.15) is 40.7 Å². The Morgan fingerprint density at radius 1 is 0.933 bits per heavy atom. The van der Waals surface area contributed by atoms with Crippen molar-refractivity contribution >= 4 is 27.5 Å². The zero-order chi connectivity index (χ0) is 21.7. The second kappa shape index (κ2) is 9.40. The topological polar surface area (TPSA) is 95.6 Å². The number of hydrogen-bond donors (Lipinski definition) is 2. The normalized spacial score (nSPS) is 14.9. The fourth-order valence-corrected chi connectivity index (χ4v) is 5.01. The molecule has 2 aromatic rings. The highest BCUT2D eigenvalue weighted by Gasteiger charge is 2.26. The number of carbonyl (C=O) groups is 2. The van der Waals surface area contributed by atoms with E-state index in [1.165, 1.54) is 28.6 Å². The van der Waals surface area contributed by atoms with Crippen LogP contribution in [-0.2, 0) is 14.8 Å². The van der Waals surface area contributed by atoms with Crippen molar-refractivity contribution in [2.75, 3.05) is 25.0 Å². The average molecular weight is 430 g/mol. The molecule has 1 heterocycles. The monoisotopic (exact) mass is 429 g/mol. The van der Waals surface area contributed by atoms with E-state index in [2.05, 4.69) is 10.6 Å². The Hall–Kier alpha value is -2.71. The summed E-state index contributed by atoms with van der Waals surface area (Å²) in [6.45, 7) is 4.68. The standard InChI is InChI=1S/C22H27N3O4S/c1-16-7-6-8-17(2)21(16)24-20(26)15-23-22(27)18-9-11-19(12-10-18)30(28,29)25-13-4-3-5-14-25/h6-12H,3-5,13-15H2,1-2H3,(H,23,27)(H,24,26). The minimum absolute atomic E-state index is 0.175. The summed E-state index contributed by atoms with van der Waals surface area (Å²) >= 11 is 0. The smallest absolute Gasteiger partial charge is 0.251 e. The minimum Gasteiger partial charge on any atom is -0.343 e. The van der Waals surface area contributed by atoms with Gasteiger partial charge in [-0.2, -0.15) is 4.31 Å². The lowest BCUT2D eigenvalue weighted by Gasteiger charge is -2.25. The quantitative estimate of drug-likeness (QED) is 0.738. The Morgan fingerprint density at radius 2 is 1.53 bits per heavy atom. The molecule has 1 fully saturated rings. The van der Waals surface area contributed by atoms with Crippen LogP contribution in [0.5, 0.6) is 0 Å². The molecule has 1 aliphatic heterocycles. The summed E-state index contributed by atoms with van der Waals surface area (Å²) in [5.74, 6) is -0.765. The lowest BCUT2D eigenvalue weighted by molar-refractivity contribution is -0.115. The summed E-state index contributed by atoms with van der Waals surface area (Å²) in [6, 6.07) is 11.5. The molecule has 0 aromatic heterocycles. The van der Waals surface area contributed by atoms with Gasteiger partial charge in [-0.25, -0.2) is 8.42 Å². The molecule has 1 saturated heterocycles. The number of nitrogens with zero attached hydrogens (tertiary/aromatic N) is 1. The van der Waals surface area contributed by atoms with Gasteiger partial charge in [-0.05, 0) is 62.1 Å². The van der Waals surface area contributed by atoms with Crippen LogP contribution in [0.3, 0.4) is 0 Å². The lowest BCUT2D eigenvalue weighted by Crippen LogP contribution is -2.35. The van der Waals surface area contributed by atoms with Crippen LogP contribution in [0, 0.1) is 13.8 Å². The number of nitrogens with one attached hydrogen (secondary N) is 2. The van der Waals surface area contributed by atoms with Crippen LogP contribution in [-0.4, -0.2) is 44.2 Å². The first kappa shape index (κ1) is 22.0. The summed E-state index contributed by atoms with van der Waals surface area (Å²) in [4.78, 5) is 24.7. The van der Waals surface area contributed by atoms with E-state index in [0.717, 1.165) is 36.1 Å². The van der Waals surface area contributed by atoms with Crippen molar-refractivity contribution in [1.29, 1.82) is 0 Å². The van der Waals surface area contributed by atoms with Gasteiger partial charge in [-0.3, -0.25) is 9.59 Å². The van der Waals surface area contributed by atoms with Crippen LogP contribution >= 0.6 is 0 Å². The highest BCUT2D eigenvalue weighted by molar-refractivity contribution is 7.89. The molecule has 0 bridgehead atoms. The summed E-state index contributed by atoms with van der Waals surface area (Å²) in [7, 11) is -3.54. The molecular weight excluding hydrogens is 402 g/mol. The van der Waals surface area contributed by atoms with Gasteiger partial charge in [0.15, 0.2) is 0 Å². The highest BCUT2D eigenvalue weighted by atomic mass is 32.2. The Balaban J connectivity index is 1.59. The maximum atomic E-state index is 12.7. The van der Waals surface area contributed by atoms with Crippen molar-refractivity contribution in [2.45, 2.75) is 38.0 Å². The molecule has 0 aliphatic carbocycles. The van der Waals surface area contributed by atoms with Crippen molar-refractivity contribution in [3.05, 3.63) is 59.2 Å². The zero-order valence-electron chi connectivity index (χ0n) is 17.3. The molecule has 0 unspecified atom stereocenters. The van der Waals surface area contributed by atoms with E-state index >= 15 is 0 Å².